The van der Waals surface area contributed by atoms with Gasteiger partial charge in [0.15, 0.2) is 0 Å². The Morgan fingerprint density at radius 2 is 1.00 bits per heavy atom. The van der Waals surface area contributed by atoms with Gasteiger partial charge in [0.2, 0.25) is 0 Å². The number of hydrogen-bond acceptors (Lipinski definition) is 4. The average molecular weight is 436 g/mol. The normalized spacial score (nSPS) is 10.0. The summed E-state index contributed by atoms with van der Waals surface area (Å²) in [6.45, 7) is 3.87. The van der Waals surface area contributed by atoms with Crippen LogP contribution in [0.1, 0.15) is 31.8 Å². The molecule has 4 rings (SSSR count). The summed E-state index contributed by atoms with van der Waals surface area (Å²) in [7, 11) is 0. The summed E-state index contributed by atoms with van der Waals surface area (Å²) in [5, 5.41) is 25.0. The number of rotatable bonds is 2. The number of hydrogen-bond donors (Lipinski definition) is 0. The predicted octanol–water partition coefficient (Wildman–Crippen LogP) is 3.02. The number of carbonyl (C=O) groups is 2. The predicted molar refractivity (Wildman–Crippen MR) is 106 cm³/mol. The Morgan fingerprint density at radius 1 is 0.621 bits per heavy atom. The maximum absolute atomic E-state index is 10.8. The topological polar surface area (TPSA) is 80.3 Å². The number of aromatic carboxylic acids is 2. The van der Waals surface area contributed by atoms with Crippen LogP contribution in [0.15, 0.2) is 72.8 Å². The number of benzene rings is 4. The van der Waals surface area contributed by atoms with Crippen LogP contribution in [0.5, 0.6) is 0 Å². The van der Waals surface area contributed by atoms with Crippen LogP contribution in [0.25, 0.3) is 21.5 Å². The summed E-state index contributed by atoms with van der Waals surface area (Å²) in [6.07, 6.45) is 0. The zero-order valence-corrected chi connectivity index (χ0v) is 19.2. The molecule has 0 aliphatic rings. The van der Waals surface area contributed by atoms with Gasteiger partial charge in [-0.25, -0.2) is 0 Å². The van der Waals surface area contributed by atoms with Crippen molar-refractivity contribution in [1.82, 2.24) is 0 Å². The number of carboxylic acids is 2. The minimum Gasteiger partial charge on any atom is -0.545 e. The molecular weight excluding hydrogens is 418 g/mol. The van der Waals surface area contributed by atoms with E-state index in [9.17, 15) is 19.8 Å². The van der Waals surface area contributed by atoms with Gasteiger partial charge in [0, 0.05) is 11.1 Å². The van der Waals surface area contributed by atoms with Crippen molar-refractivity contribution in [3.05, 3.63) is 95.1 Å². The van der Waals surface area contributed by atoms with Gasteiger partial charge in [-0.15, -0.1) is 0 Å². The molecule has 4 aromatic rings. The molecule has 4 aromatic carbocycles. The zero-order valence-electron chi connectivity index (χ0n) is 16.3. The van der Waals surface area contributed by atoms with E-state index in [-0.39, 0.29) is 30.6 Å². The van der Waals surface area contributed by atoms with Crippen molar-refractivity contribution >= 4 is 33.5 Å². The van der Waals surface area contributed by atoms with Crippen LogP contribution < -0.4 is 10.2 Å². The Hall–Kier alpha value is -3.04. The molecule has 4 nitrogen and oxygen atoms in total. The zero-order chi connectivity index (χ0) is 20.3. The molecular formula is C24H18O4Zn. The molecule has 0 unspecified atom stereocenters. The summed E-state index contributed by atoms with van der Waals surface area (Å²) < 4.78 is 0. The van der Waals surface area contributed by atoms with Crippen molar-refractivity contribution in [3.63, 3.8) is 0 Å². The van der Waals surface area contributed by atoms with Gasteiger partial charge in [0.25, 0.3) is 0 Å². The first-order chi connectivity index (χ1) is 13.4. The molecule has 0 radical (unpaired) electrons. The third kappa shape index (κ3) is 5.07. The molecule has 0 fully saturated rings. The number of carboxylic acid groups (broad SMARTS) is 2. The fraction of sp³-hybridized carbons (Fsp3) is 0.0833. The first-order valence-electron chi connectivity index (χ1n) is 8.78. The quantitative estimate of drug-likeness (QED) is 0.453. The Kier molecular flexibility index (Phi) is 7.25. The maximum atomic E-state index is 10.8. The van der Waals surface area contributed by atoms with Gasteiger partial charge < -0.3 is 19.8 Å². The summed E-state index contributed by atoms with van der Waals surface area (Å²) in [4.78, 5) is 21.6. The molecule has 0 bridgehead atoms. The molecule has 0 saturated heterocycles. The van der Waals surface area contributed by atoms with E-state index >= 15 is 0 Å². The van der Waals surface area contributed by atoms with Gasteiger partial charge in [-0.2, -0.15) is 0 Å². The number of carbonyl (C=O) groups excluding carboxylic acids is 2. The van der Waals surface area contributed by atoms with E-state index in [0.29, 0.717) is 0 Å². The van der Waals surface area contributed by atoms with Crippen LogP contribution >= 0.6 is 0 Å². The summed E-state index contributed by atoms with van der Waals surface area (Å²) in [5.41, 5.74) is 2.61. The van der Waals surface area contributed by atoms with Gasteiger partial charge in [-0.1, -0.05) is 83.9 Å². The van der Waals surface area contributed by atoms with Gasteiger partial charge >= 0.3 is 19.5 Å². The molecule has 5 heteroatoms. The van der Waals surface area contributed by atoms with Crippen LogP contribution in [-0.4, -0.2) is 11.9 Å². The van der Waals surface area contributed by atoms with E-state index in [0.717, 1.165) is 32.7 Å². The van der Waals surface area contributed by atoms with E-state index in [4.69, 9.17) is 0 Å². The van der Waals surface area contributed by atoms with Crippen LogP contribution in [0, 0.1) is 13.8 Å². The molecule has 0 N–H and O–H groups in total. The molecule has 0 amide bonds. The molecule has 0 heterocycles. The standard InChI is InChI=1S/2C12H10O2.Zn/c2*1-8-5-6-9-3-2-4-10(12(13)14)11(9)7-8;/h2*2-7H,1H3,(H,13,14);/q;;+2/p-2. The van der Waals surface area contributed by atoms with E-state index in [1.807, 2.05) is 62.4 Å². The summed E-state index contributed by atoms with van der Waals surface area (Å²) in [5.74, 6) is -2.25. The van der Waals surface area contributed by atoms with Crippen molar-refractivity contribution in [3.8, 4) is 0 Å². The van der Waals surface area contributed by atoms with Crippen LogP contribution in [0.4, 0.5) is 0 Å². The van der Waals surface area contributed by atoms with Gasteiger partial charge in [-0.3, -0.25) is 0 Å². The minimum absolute atomic E-state index is 0. The molecule has 0 spiro atoms. The van der Waals surface area contributed by atoms with Gasteiger partial charge in [-0.05, 0) is 35.4 Å². The Bertz CT molecular complexity index is 1100. The molecule has 0 aliphatic heterocycles. The number of aryl methyl sites for hydroxylation is 2. The third-order valence-corrected chi connectivity index (χ3v) is 4.52. The number of fused-ring (bicyclic) bond motifs is 2. The largest absolute Gasteiger partial charge is 2.00 e. The van der Waals surface area contributed by atoms with Gasteiger partial charge in [0.1, 0.15) is 0 Å². The second-order valence-electron chi connectivity index (χ2n) is 6.64. The smallest absolute Gasteiger partial charge is 0.545 e. The molecule has 29 heavy (non-hydrogen) atoms. The van der Waals surface area contributed by atoms with Crippen LogP contribution in [0.3, 0.4) is 0 Å². The van der Waals surface area contributed by atoms with Crippen molar-refractivity contribution in [1.29, 1.82) is 0 Å². The Labute approximate surface area is 181 Å². The molecule has 0 saturated carbocycles. The van der Waals surface area contributed by atoms with Crippen LogP contribution in [0.2, 0.25) is 0 Å². The average Bonchev–Trinajstić information content (AvgIpc) is 2.67. The summed E-state index contributed by atoms with van der Waals surface area (Å²) >= 11 is 0. The first kappa shape index (κ1) is 22.3. The fourth-order valence-electron chi connectivity index (χ4n) is 3.13. The molecule has 0 atom stereocenters. The third-order valence-electron chi connectivity index (χ3n) is 4.52. The second kappa shape index (κ2) is 9.44. The van der Waals surface area contributed by atoms with Crippen molar-refractivity contribution in [2.24, 2.45) is 0 Å². The second-order valence-corrected chi connectivity index (χ2v) is 6.64. The molecule has 0 aliphatic carbocycles. The molecule has 0 aromatic heterocycles. The van der Waals surface area contributed by atoms with E-state index in [1.165, 1.54) is 0 Å². The maximum Gasteiger partial charge on any atom is 2.00 e. The molecule has 140 valence electrons. The van der Waals surface area contributed by atoms with Crippen molar-refractivity contribution < 1.29 is 39.3 Å². The fourth-order valence-corrected chi connectivity index (χ4v) is 3.13. The SMILES string of the molecule is Cc1ccc2cccc(C(=O)[O-])c2c1.Cc1ccc2cccc(C(=O)[O-])c2c1.[Zn+2]. The Balaban J connectivity index is 0.000000200. The van der Waals surface area contributed by atoms with Crippen LogP contribution in [-0.2, 0) is 19.5 Å². The summed E-state index contributed by atoms with van der Waals surface area (Å²) in [6, 6.07) is 21.8. The Morgan fingerprint density at radius 3 is 1.34 bits per heavy atom. The van der Waals surface area contributed by atoms with Crippen molar-refractivity contribution in [2.75, 3.05) is 0 Å². The van der Waals surface area contributed by atoms with Gasteiger partial charge in [0.05, 0.1) is 11.9 Å². The first-order valence-corrected chi connectivity index (χ1v) is 8.78. The van der Waals surface area contributed by atoms with E-state index in [2.05, 4.69) is 0 Å². The minimum atomic E-state index is -1.12. The van der Waals surface area contributed by atoms with E-state index in [1.54, 1.807) is 24.3 Å². The van der Waals surface area contributed by atoms with E-state index < -0.39 is 11.9 Å². The van der Waals surface area contributed by atoms with Crippen molar-refractivity contribution in [2.45, 2.75) is 13.8 Å². The monoisotopic (exact) mass is 434 g/mol.